The van der Waals surface area contributed by atoms with Crippen LogP contribution >= 0.6 is 0 Å². The van der Waals surface area contributed by atoms with Gasteiger partial charge in [-0.25, -0.2) is 0 Å². The van der Waals surface area contributed by atoms with Crippen molar-refractivity contribution in [1.29, 1.82) is 5.26 Å². The highest BCUT2D eigenvalue weighted by atomic mass is 16.8. The van der Waals surface area contributed by atoms with E-state index in [0.29, 0.717) is 6.61 Å². The van der Waals surface area contributed by atoms with Crippen molar-refractivity contribution in [1.82, 2.24) is 5.23 Å². The highest BCUT2D eigenvalue weighted by Crippen LogP contribution is 2.21. The Hall–Kier alpha value is -1.13. The molecule has 6 nitrogen and oxygen atoms in total. The largest absolute Gasteiger partial charge is 0.762 e. The van der Waals surface area contributed by atoms with Crippen molar-refractivity contribution < 1.29 is 14.7 Å². The van der Waals surface area contributed by atoms with Gasteiger partial charge in [-0.15, -0.1) is 0 Å². The first-order valence-corrected chi connectivity index (χ1v) is 4.22. The Bertz CT molecular complexity index is 259. The van der Waals surface area contributed by atoms with E-state index in [0.717, 1.165) is 0 Å². The van der Waals surface area contributed by atoms with Crippen molar-refractivity contribution in [2.24, 2.45) is 0 Å². The smallest absolute Gasteiger partial charge is 0.218 e. The molecule has 0 aromatic carbocycles. The number of nitriles is 1. The second-order valence-electron chi connectivity index (χ2n) is 2.73. The summed E-state index contributed by atoms with van der Waals surface area (Å²) in [5.74, 6) is 0.113. The number of ether oxygens (including phenoxy) is 2. The molecule has 2 unspecified atom stereocenters. The van der Waals surface area contributed by atoms with Gasteiger partial charge in [-0.1, -0.05) is 0 Å². The monoisotopic (exact) mass is 199 g/mol. The second-order valence-corrected chi connectivity index (χ2v) is 2.73. The van der Waals surface area contributed by atoms with Gasteiger partial charge in [0, 0.05) is 6.61 Å². The molecule has 1 rings (SSSR count). The average molecular weight is 199 g/mol. The van der Waals surface area contributed by atoms with Crippen LogP contribution in [-0.4, -0.2) is 29.4 Å². The molecule has 0 spiro atoms. The Morgan fingerprint density at radius 3 is 3.14 bits per heavy atom. The SMILES string of the molecule is CCOC1OC(C#N)=CCC1N([O-])O. The number of hydroxylamine groups is 2. The molecule has 6 heteroatoms. The van der Waals surface area contributed by atoms with Crippen LogP contribution in [0.5, 0.6) is 0 Å². The number of nitrogens with zero attached hydrogens (tertiary/aromatic N) is 2. The van der Waals surface area contributed by atoms with E-state index in [2.05, 4.69) is 0 Å². The fourth-order valence-electron chi connectivity index (χ4n) is 1.17. The Morgan fingerprint density at radius 2 is 2.64 bits per heavy atom. The summed E-state index contributed by atoms with van der Waals surface area (Å²) in [5, 5.41) is 27.8. The fraction of sp³-hybridized carbons (Fsp3) is 0.625. The minimum Gasteiger partial charge on any atom is -0.762 e. The van der Waals surface area contributed by atoms with Crippen LogP contribution in [0.2, 0.25) is 0 Å². The van der Waals surface area contributed by atoms with Crippen LogP contribution in [0.25, 0.3) is 0 Å². The lowest BCUT2D eigenvalue weighted by molar-refractivity contribution is -0.206. The summed E-state index contributed by atoms with van der Waals surface area (Å²) in [7, 11) is 0. The van der Waals surface area contributed by atoms with Gasteiger partial charge in [-0.3, -0.25) is 5.23 Å². The normalized spacial score (nSPS) is 26.6. The molecular formula is C8H11N2O4-. The molecule has 14 heavy (non-hydrogen) atoms. The number of hydrogen-bond acceptors (Lipinski definition) is 6. The molecule has 2 atom stereocenters. The topological polar surface area (TPSA) is 88.8 Å². The van der Waals surface area contributed by atoms with E-state index in [4.69, 9.17) is 19.9 Å². The van der Waals surface area contributed by atoms with Crippen molar-refractivity contribution in [2.45, 2.75) is 25.7 Å². The van der Waals surface area contributed by atoms with Gasteiger partial charge in [0.05, 0.1) is 6.04 Å². The molecule has 1 N–H and O–H groups in total. The molecule has 1 heterocycles. The molecule has 0 fully saturated rings. The molecule has 78 valence electrons. The van der Waals surface area contributed by atoms with E-state index in [9.17, 15) is 5.21 Å². The predicted molar refractivity (Wildman–Crippen MR) is 45.6 cm³/mol. The van der Waals surface area contributed by atoms with Gasteiger partial charge in [0.1, 0.15) is 6.07 Å². The summed E-state index contributed by atoms with van der Waals surface area (Å²) in [4.78, 5) is 0. The fourth-order valence-corrected chi connectivity index (χ4v) is 1.17. The summed E-state index contributed by atoms with van der Waals surface area (Å²) >= 11 is 0. The number of allylic oxidation sites excluding steroid dienone is 1. The maximum absolute atomic E-state index is 10.7. The Morgan fingerprint density at radius 1 is 1.93 bits per heavy atom. The van der Waals surface area contributed by atoms with Crippen molar-refractivity contribution in [3.05, 3.63) is 17.0 Å². The highest BCUT2D eigenvalue weighted by Gasteiger charge is 2.28. The van der Waals surface area contributed by atoms with Crippen molar-refractivity contribution in [2.75, 3.05) is 6.61 Å². The van der Waals surface area contributed by atoms with Crippen LogP contribution in [0.15, 0.2) is 11.8 Å². The maximum atomic E-state index is 10.7. The van der Waals surface area contributed by atoms with Crippen LogP contribution in [0.3, 0.4) is 0 Å². The molecular weight excluding hydrogens is 188 g/mol. The van der Waals surface area contributed by atoms with Crippen molar-refractivity contribution in [3.63, 3.8) is 0 Å². The quantitative estimate of drug-likeness (QED) is 0.674. The lowest BCUT2D eigenvalue weighted by Crippen LogP contribution is -2.43. The minimum atomic E-state index is -0.887. The van der Waals surface area contributed by atoms with Gasteiger partial charge < -0.3 is 19.9 Å². The third kappa shape index (κ3) is 2.43. The number of rotatable bonds is 3. The molecule has 0 aromatic heterocycles. The van der Waals surface area contributed by atoms with Gasteiger partial charge in [-0.05, 0) is 19.4 Å². The van der Waals surface area contributed by atoms with E-state index in [-0.39, 0.29) is 17.4 Å². The van der Waals surface area contributed by atoms with E-state index < -0.39 is 12.3 Å². The first-order valence-electron chi connectivity index (χ1n) is 4.22. The Labute approximate surface area is 81.5 Å². The number of hydrogen-bond donors (Lipinski definition) is 1. The van der Waals surface area contributed by atoms with E-state index >= 15 is 0 Å². The zero-order valence-corrected chi connectivity index (χ0v) is 7.71. The zero-order chi connectivity index (χ0) is 10.6. The van der Waals surface area contributed by atoms with Crippen LogP contribution in [0, 0.1) is 16.5 Å². The molecule has 1 aliphatic heterocycles. The second kappa shape index (κ2) is 4.93. The van der Waals surface area contributed by atoms with Crippen LogP contribution in [0.1, 0.15) is 13.3 Å². The summed E-state index contributed by atoms with van der Waals surface area (Å²) in [6.45, 7) is 2.07. The van der Waals surface area contributed by atoms with Gasteiger partial charge in [0.25, 0.3) is 0 Å². The lowest BCUT2D eigenvalue weighted by Gasteiger charge is -2.37. The van der Waals surface area contributed by atoms with Crippen LogP contribution < -0.4 is 0 Å². The highest BCUT2D eigenvalue weighted by molar-refractivity contribution is 5.16. The average Bonchev–Trinajstić information content (AvgIpc) is 2.17. The third-order valence-electron chi connectivity index (χ3n) is 1.83. The summed E-state index contributed by atoms with van der Waals surface area (Å²) in [6.07, 6.45) is 0.789. The third-order valence-corrected chi connectivity index (χ3v) is 1.83. The first-order chi connectivity index (χ1) is 6.69. The summed E-state index contributed by atoms with van der Waals surface area (Å²) in [6, 6.07) is 0.996. The molecule has 0 radical (unpaired) electrons. The van der Waals surface area contributed by atoms with Crippen molar-refractivity contribution in [3.8, 4) is 6.07 Å². The lowest BCUT2D eigenvalue weighted by atomic mass is 10.1. The zero-order valence-electron chi connectivity index (χ0n) is 7.71. The van der Waals surface area contributed by atoms with E-state index in [1.807, 2.05) is 6.07 Å². The van der Waals surface area contributed by atoms with Gasteiger partial charge in [0.15, 0.2) is 5.76 Å². The predicted octanol–water partition coefficient (Wildman–Crippen LogP) is 0.734. The van der Waals surface area contributed by atoms with Crippen molar-refractivity contribution >= 4 is 0 Å². The standard InChI is InChI=1S/C8H11N2O4/c1-2-13-8-7(10(11)12)4-3-6(5-9)14-8/h3,7-8,11H,2,4H2,1H3/q-1. The van der Waals surface area contributed by atoms with E-state index in [1.54, 1.807) is 6.92 Å². The molecule has 0 saturated carbocycles. The van der Waals surface area contributed by atoms with Gasteiger partial charge >= 0.3 is 0 Å². The van der Waals surface area contributed by atoms with Crippen LogP contribution in [-0.2, 0) is 9.47 Å². The maximum Gasteiger partial charge on any atom is 0.218 e. The first kappa shape index (κ1) is 10.9. The van der Waals surface area contributed by atoms with Gasteiger partial charge in [-0.2, -0.15) is 5.26 Å². The van der Waals surface area contributed by atoms with Crippen LogP contribution in [0.4, 0.5) is 0 Å². The molecule has 0 amide bonds. The Balaban J connectivity index is 2.68. The minimum absolute atomic E-state index is 0.113. The van der Waals surface area contributed by atoms with Gasteiger partial charge in [0.2, 0.25) is 6.29 Å². The summed E-state index contributed by atoms with van der Waals surface area (Å²) < 4.78 is 10.1. The molecule has 0 aliphatic carbocycles. The Kier molecular flexibility index (Phi) is 3.85. The molecule has 1 aliphatic rings. The van der Waals surface area contributed by atoms with E-state index in [1.165, 1.54) is 6.08 Å². The molecule has 0 aromatic rings. The summed E-state index contributed by atoms with van der Waals surface area (Å²) in [5.41, 5.74) is 0. The molecule has 0 bridgehead atoms. The molecule has 0 saturated heterocycles.